The molecule has 0 saturated carbocycles. The molecule has 6 nitrogen and oxygen atoms in total. The molecule has 5 rings (SSSR count). The zero-order valence-corrected chi connectivity index (χ0v) is 17.2. The molecule has 0 spiro atoms. The van der Waals surface area contributed by atoms with Crippen molar-refractivity contribution in [3.8, 4) is 0 Å². The van der Waals surface area contributed by atoms with Crippen LogP contribution in [0.2, 0.25) is 0 Å². The molecule has 8 heteroatoms. The molecule has 28 heavy (non-hydrogen) atoms. The number of carbonyl (C=O) groups is 1. The third-order valence-corrected chi connectivity index (χ3v) is 7.54. The average Bonchev–Trinajstić information content (AvgIpc) is 3.35. The van der Waals surface area contributed by atoms with E-state index in [1.54, 1.807) is 28.0 Å². The van der Waals surface area contributed by atoms with Crippen LogP contribution in [0.5, 0.6) is 0 Å². The van der Waals surface area contributed by atoms with Crippen LogP contribution in [0.15, 0.2) is 27.8 Å². The molecule has 0 unspecified atom stereocenters. The van der Waals surface area contributed by atoms with E-state index in [2.05, 4.69) is 15.3 Å². The third kappa shape index (κ3) is 3.29. The Bertz CT molecular complexity index is 1080. The first kappa shape index (κ1) is 18.0. The number of amides is 1. The van der Waals surface area contributed by atoms with Gasteiger partial charge in [0, 0.05) is 60.6 Å². The van der Waals surface area contributed by atoms with Crippen LogP contribution in [0.3, 0.4) is 0 Å². The fraction of sp³-hybridized carbons (Fsp3) is 0.450. The normalized spacial score (nSPS) is 17.8. The van der Waals surface area contributed by atoms with Crippen molar-refractivity contribution in [2.24, 2.45) is 0 Å². The van der Waals surface area contributed by atoms with Gasteiger partial charge in [0.05, 0.1) is 11.3 Å². The van der Waals surface area contributed by atoms with Crippen molar-refractivity contribution in [1.29, 1.82) is 0 Å². The zero-order valence-electron chi connectivity index (χ0n) is 15.6. The summed E-state index contributed by atoms with van der Waals surface area (Å²) in [6, 6.07) is 1.62. The van der Waals surface area contributed by atoms with E-state index in [0.29, 0.717) is 6.54 Å². The number of carbonyl (C=O) groups excluding carboxylic acids is 1. The summed E-state index contributed by atoms with van der Waals surface area (Å²) in [7, 11) is 0. The Hall–Kier alpha value is -2.03. The Kier molecular flexibility index (Phi) is 4.78. The first-order valence-electron chi connectivity index (χ1n) is 9.76. The fourth-order valence-electron chi connectivity index (χ4n) is 4.15. The lowest BCUT2D eigenvalue weighted by molar-refractivity contribution is 0.0626. The van der Waals surface area contributed by atoms with E-state index in [1.165, 1.54) is 34.6 Å². The summed E-state index contributed by atoms with van der Waals surface area (Å²) >= 11 is 3.23. The standard InChI is InChI=1S/C20H22N4O2S2/c25-18-11-14(21-20-24(18)9-10-27-20)12-22-5-7-23(8-6-22)19(26)16-13-28-17-4-2-1-3-15(16)17/h9-11,13H,1-8,12H2. The minimum atomic E-state index is -0.0303. The van der Waals surface area contributed by atoms with Gasteiger partial charge >= 0.3 is 0 Å². The quantitative estimate of drug-likeness (QED) is 0.661. The predicted molar refractivity (Wildman–Crippen MR) is 111 cm³/mol. The van der Waals surface area contributed by atoms with Gasteiger partial charge < -0.3 is 4.90 Å². The van der Waals surface area contributed by atoms with Crippen molar-refractivity contribution in [3.63, 3.8) is 0 Å². The molecule has 3 aromatic rings. The van der Waals surface area contributed by atoms with Gasteiger partial charge in [0.1, 0.15) is 0 Å². The monoisotopic (exact) mass is 414 g/mol. The van der Waals surface area contributed by atoms with Crippen LogP contribution in [0.4, 0.5) is 0 Å². The van der Waals surface area contributed by atoms with Crippen molar-refractivity contribution < 1.29 is 4.79 Å². The van der Waals surface area contributed by atoms with Crippen molar-refractivity contribution in [1.82, 2.24) is 19.2 Å². The van der Waals surface area contributed by atoms with Crippen LogP contribution >= 0.6 is 22.7 Å². The van der Waals surface area contributed by atoms with Gasteiger partial charge in [-0.15, -0.1) is 22.7 Å². The Balaban J connectivity index is 1.24. The SMILES string of the molecule is O=C(c1csc2c1CCCC2)N1CCN(Cc2cc(=O)n3ccsc3n2)CC1. The van der Waals surface area contributed by atoms with Crippen LogP contribution < -0.4 is 5.56 Å². The highest BCUT2D eigenvalue weighted by molar-refractivity contribution is 7.15. The molecule has 0 atom stereocenters. The minimum absolute atomic E-state index is 0.0303. The molecule has 1 saturated heterocycles. The number of rotatable bonds is 3. The summed E-state index contributed by atoms with van der Waals surface area (Å²) in [6.45, 7) is 3.72. The van der Waals surface area contributed by atoms with Crippen molar-refractivity contribution in [2.45, 2.75) is 32.2 Å². The molecule has 1 aliphatic carbocycles. The summed E-state index contributed by atoms with van der Waals surface area (Å²) < 4.78 is 1.58. The summed E-state index contributed by atoms with van der Waals surface area (Å²) in [5.41, 5.74) is 3.01. The second-order valence-corrected chi connectivity index (χ2v) is 9.31. The summed E-state index contributed by atoms with van der Waals surface area (Å²) in [6.07, 6.45) is 6.37. The summed E-state index contributed by atoms with van der Waals surface area (Å²) in [4.78, 5) is 36.2. The van der Waals surface area contributed by atoms with Gasteiger partial charge in [-0.1, -0.05) is 0 Å². The first-order valence-corrected chi connectivity index (χ1v) is 11.5. The number of nitrogens with zero attached hydrogens (tertiary/aromatic N) is 4. The molecule has 4 heterocycles. The van der Waals surface area contributed by atoms with Gasteiger partial charge in [-0.05, 0) is 31.2 Å². The predicted octanol–water partition coefficient (Wildman–Crippen LogP) is 2.65. The van der Waals surface area contributed by atoms with E-state index >= 15 is 0 Å². The molecule has 0 N–H and O–H groups in total. The molecule has 1 amide bonds. The number of hydrogen-bond donors (Lipinski definition) is 0. The molecule has 0 bridgehead atoms. The van der Waals surface area contributed by atoms with Crippen molar-refractivity contribution >= 4 is 33.5 Å². The van der Waals surface area contributed by atoms with Crippen LogP contribution in [-0.2, 0) is 19.4 Å². The van der Waals surface area contributed by atoms with E-state index in [-0.39, 0.29) is 11.5 Å². The van der Waals surface area contributed by atoms with Crippen LogP contribution in [0.25, 0.3) is 4.96 Å². The lowest BCUT2D eigenvalue weighted by atomic mass is 9.95. The number of hydrogen-bond acceptors (Lipinski definition) is 6. The summed E-state index contributed by atoms with van der Waals surface area (Å²) in [5.74, 6) is 0.190. The maximum Gasteiger partial charge on any atom is 0.258 e. The van der Waals surface area contributed by atoms with Gasteiger partial charge in [0.25, 0.3) is 11.5 Å². The second kappa shape index (κ2) is 7.42. The topological polar surface area (TPSA) is 57.9 Å². The molecule has 0 aromatic carbocycles. The number of piperazine rings is 1. The number of thiazole rings is 1. The van der Waals surface area contributed by atoms with E-state index in [9.17, 15) is 9.59 Å². The van der Waals surface area contributed by atoms with Gasteiger partial charge in [-0.25, -0.2) is 4.98 Å². The zero-order chi connectivity index (χ0) is 19.1. The van der Waals surface area contributed by atoms with Gasteiger partial charge in [-0.3, -0.25) is 18.9 Å². The lowest BCUT2D eigenvalue weighted by Crippen LogP contribution is -2.48. The Morgan fingerprint density at radius 3 is 2.79 bits per heavy atom. The Labute approximate surface area is 171 Å². The Morgan fingerprint density at radius 1 is 1.11 bits per heavy atom. The van der Waals surface area contributed by atoms with Crippen molar-refractivity contribution in [3.05, 3.63) is 55.1 Å². The average molecular weight is 415 g/mol. The van der Waals surface area contributed by atoms with E-state index < -0.39 is 0 Å². The van der Waals surface area contributed by atoms with E-state index in [4.69, 9.17) is 0 Å². The second-order valence-electron chi connectivity index (χ2n) is 7.47. The number of aryl methyl sites for hydroxylation is 1. The highest BCUT2D eigenvalue weighted by Gasteiger charge is 2.27. The first-order chi connectivity index (χ1) is 13.7. The lowest BCUT2D eigenvalue weighted by Gasteiger charge is -2.34. The maximum absolute atomic E-state index is 13.0. The van der Waals surface area contributed by atoms with Crippen LogP contribution in [-0.4, -0.2) is 51.3 Å². The summed E-state index contributed by atoms with van der Waals surface area (Å²) in [5, 5.41) is 3.94. The van der Waals surface area contributed by atoms with Crippen molar-refractivity contribution in [2.75, 3.05) is 26.2 Å². The van der Waals surface area contributed by atoms with Gasteiger partial charge in [0.15, 0.2) is 4.96 Å². The highest BCUT2D eigenvalue weighted by atomic mass is 32.1. The largest absolute Gasteiger partial charge is 0.336 e. The molecule has 0 radical (unpaired) electrons. The van der Waals surface area contributed by atoms with Gasteiger partial charge in [0.2, 0.25) is 0 Å². The highest BCUT2D eigenvalue weighted by Crippen LogP contribution is 2.31. The van der Waals surface area contributed by atoms with Gasteiger partial charge in [-0.2, -0.15) is 0 Å². The van der Waals surface area contributed by atoms with E-state index in [1.807, 2.05) is 10.3 Å². The molecule has 1 aliphatic heterocycles. The van der Waals surface area contributed by atoms with Crippen LogP contribution in [0, 0.1) is 0 Å². The molecular formula is C20H22N4O2S2. The number of fused-ring (bicyclic) bond motifs is 2. The molecule has 146 valence electrons. The smallest absolute Gasteiger partial charge is 0.258 e. The number of aromatic nitrogens is 2. The van der Waals surface area contributed by atoms with E-state index in [0.717, 1.165) is 55.2 Å². The molecule has 1 fully saturated rings. The Morgan fingerprint density at radius 2 is 1.93 bits per heavy atom. The molecule has 3 aromatic heterocycles. The third-order valence-electron chi connectivity index (χ3n) is 5.69. The fourth-order valence-corrected chi connectivity index (χ4v) is 6.01. The minimum Gasteiger partial charge on any atom is -0.336 e. The molecular weight excluding hydrogens is 392 g/mol. The molecule has 2 aliphatic rings. The maximum atomic E-state index is 13.0. The van der Waals surface area contributed by atoms with Crippen LogP contribution in [0.1, 0.15) is 39.3 Å². The number of thiophene rings is 1.